The molecule has 0 saturated carbocycles. The number of carbonyl (C=O) groups excluding carboxylic acids is 2. The first kappa shape index (κ1) is 15.5. The van der Waals surface area contributed by atoms with Gasteiger partial charge in [-0.2, -0.15) is 0 Å². The summed E-state index contributed by atoms with van der Waals surface area (Å²) in [4.78, 5) is 25.4. The number of aliphatic hydroxyl groups is 1. The highest BCUT2D eigenvalue weighted by molar-refractivity contribution is 5.95. The van der Waals surface area contributed by atoms with E-state index in [1.807, 2.05) is 4.90 Å². The minimum absolute atomic E-state index is 0.0322. The van der Waals surface area contributed by atoms with Crippen LogP contribution in [0.3, 0.4) is 0 Å². The lowest BCUT2D eigenvalue weighted by atomic mass is 10.1. The topological polar surface area (TPSA) is 69.6 Å². The first-order valence-electron chi connectivity index (χ1n) is 7.41. The Bertz CT molecular complexity index is 499. The van der Waals surface area contributed by atoms with Gasteiger partial charge in [0.05, 0.1) is 0 Å². The number of amides is 2. The molecule has 1 aromatic rings. The molecule has 2 rings (SSSR count). The molecule has 1 fully saturated rings. The van der Waals surface area contributed by atoms with Crippen LogP contribution < -0.4 is 5.32 Å². The van der Waals surface area contributed by atoms with Crippen molar-refractivity contribution in [2.24, 2.45) is 0 Å². The third-order valence-corrected chi connectivity index (χ3v) is 3.79. The van der Waals surface area contributed by atoms with Crippen LogP contribution in [0.2, 0.25) is 0 Å². The Hall–Kier alpha value is -1.88. The number of anilines is 1. The summed E-state index contributed by atoms with van der Waals surface area (Å²) in [5, 5.41) is 11.6. The molecular weight excluding hydrogens is 268 g/mol. The van der Waals surface area contributed by atoms with Gasteiger partial charge < -0.3 is 15.3 Å². The molecule has 1 heterocycles. The highest BCUT2D eigenvalue weighted by Crippen LogP contribution is 2.24. The van der Waals surface area contributed by atoms with Crippen LogP contribution in [0.1, 0.15) is 43.0 Å². The number of nitrogens with zero attached hydrogens (tertiary/aromatic N) is 1. The maximum atomic E-state index is 12.5. The molecule has 1 unspecified atom stereocenters. The van der Waals surface area contributed by atoms with Crippen LogP contribution in [0.15, 0.2) is 24.3 Å². The minimum atomic E-state index is -0.127. The third kappa shape index (κ3) is 4.04. The Morgan fingerprint density at radius 2 is 2.05 bits per heavy atom. The lowest BCUT2D eigenvalue weighted by Crippen LogP contribution is -2.35. The van der Waals surface area contributed by atoms with Crippen LogP contribution >= 0.6 is 0 Å². The number of carbonyl (C=O) groups is 2. The van der Waals surface area contributed by atoms with Crippen LogP contribution in [0, 0.1) is 0 Å². The first-order chi connectivity index (χ1) is 10.1. The van der Waals surface area contributed by atoms with Crippen molar-refractivity contribution in [1.82, 2.24) is 4.90 Å². The summed E-state index contributed by atoms with van der Waals surface area (Å²) in [5.41, 5.74) is 1.33. The summed E-state index contributed by atoms with van der Waals surface area (Å²) in [7, 11) is 0. The zero-order valence-electron chi connectivity index (χ0n) is 12.3. The molecule has 1 saturated heterocycles. The normalized spacial score (nSPS) is 17.8. The largest absolute Gasteiger partial charge is 0.396 e. The molecule has 1 atom stereocenters. The number of aliphatic hydroxyl groups excluding tert-OH is 1. The van der Waals surface area contributed by atoms with E-state index in [4.69, 9.17) is 5.11 Å². The zero-order valence-corrected chi connectivity index (χ0v) is 12.3. The number of likely N-dealkylation sites (tertiary alicyclic amines) is 1. The summed E-state index contributed by atoms with van der Waals surface area (Å²) in [6.45, 7) is 2.40. The van der Waals surface area contributed by atoms with Gasteiger partial charge in [-0.1, -0.05) is 0 Å². The molecule has 21 heavy (non-hydrogen) atoms. The van der Waals surface area contributed by atoms with E-state index in [-0.39, 0.29) is 24.5 Å². The van der Waals surface area contributed by atoms with E-state index in [0.29, 0.717) is 11.3 Å². The van der Waals surface area contributed by atoms with E-state index in [1.54, 1.807) is 24.3 Å². The third-order valence-electron chi connectivity index (χ3n) is 3.79. The summed E-state index contributed by atoms with van der Waals surface area (Å²) in [5.74, 6) is -0.0949. The Morgan fingerprint density at radius 3 is 2.67 bits per heavy atom. The van der Waals surface area contributed by atoms with Crippen molar-refractivity contribution in [3.05, 3.63) is 29.8 Å². The van der Waals surface area contributed by atoms with Crippen molar-refractivity contribution >= 4 is 17.5 Å². The first-order valence-corrected chi connectivity index (χ1v) is 7.41. The van der Waals surface area contributed by atoms with E-state index >= 15 is 0 Å². The van der Waals surface area contributed by atoms with Crippen LogP contribution in [0.5, 0.6) is 0 Å². The predicted octanol–water partition coefficient (Wildman–Crippen LogP) is 2.02. The summed E-state index contributed by atoms with van der Waals surface area (Å²) >= 11 is 0. The Kier molecular flexibility index (Phi) is 5.33. The summed E-state index contributed by atoms with van der Waals surface area (Å²) in [6, 6.07) is 7.21. The molecule has 2 amide bonds. The Labute approximate surface area is 125 Å². The smallest absolute Gasteiger partial charge is 0.254 e. The van der Waals surface area contributed by atoms with Crippen LogP contribution in [0.4, 0.5) is 5.69 Å². The fourth-order valence-electron chi connectivity index (χ4n) is 2.80. The monoisotopic (exact) mass is 290 g/mol. The maximum absolute atomic E-state index is 12.5. The lowest BCUT2D eigenvalue weighted by Gasteiger charge is -2.24. The number of hydrogen-bond acceptors (Lipinski definition) is 3. The van der Waals surface area contributed by atoms with Gasteiger partial charge in [-0.15, -0.1) is 0 Å². The van der Waals surface area contributed by atoms with Crippen molar-refractivity contribution < 1.29 is 14.7 Å². The molecule has 2 N–H and O–H groups in total. The molecular formula is C16H22N2O3. The van der Waals surface area contributed by atoms with Crippen molar-refractivity contribution in [3.8, 4) is 0 Å². The number of hydrogen-bond donors (Lipinski definition) is 2. The summed E-state index contributed by atoms with van der Waals surface area (Å²) < 4.78 is 0. The fraction of sp³-hybridized carbons (Fsp3) is 0.500. The minimum Gasteiger partial charge on any atom is -0.396 e. The Balaban J connectivity index is 2.03. The molecule has 0 spiro atoms. The van der Waals surface area contributed by atoms with E-state index in [9.17, 15) is 9.59 Å². The molecule has 5 nitrogen and oxygen atoms in total. The highest BCUT2D eigenvalue weighted by Gasteiger charge is 2.28. The standard InChI is InChI=1S/C16H22N2O3/c1-12(20)17-14-8-6-13(7-9-14)16(21)18-10-2-4-15(18)5-3-11-19/h6-9,15,19H,2-5,10-11H2,1H3,(H,17,20). The molecule has 0 bridgehead atoms. The molecule has 1 aromatic carbocycles. The molecule has 0 radical (unpaired) electrons. The molecule has 5 heteroatoms. The quantitative estimate of drug-likeness (QED) is 0.871. The SMILES string of the molecule is CC(=O)Nc1ccc(C(=O)N2CCCC2CCCO)cc1. The maximum Gasteiger partial charge on any atom is 0.254 e. The molecule has 0 aliphatic carbocycles. The molecule has 1 aliphatic rings. The van der Waals surface area contributed by atoms with Crippen LogP contribution in [-0.4, -0.2) is 41.0 Å². The van der Waals surface area contributed by atoms with Gasteiger partial charge in [0.15, 0.2) is 0 Å². The predicted molar refractivity (Wildman–Crippen MR) is 81.1 cm³/mol. The average Bonchev–Trinajstić information content (AvgIpc) is 2.93. The number of benzene rings is 1. The molecule has 1 aliphatic heterocycles. The highest BCUT2D eigenvalue weighted by atomic mass is 16.3. The second-order valence-corrected chi connectivity index (χ2v) is 5.42. The average molecular weight is 290 g/mol. The van der Waals surface area contributed by atoms with Crippen LogP contribution in [0.25, 0.3) is 0 Å². The van der Waals surface area contributed by atoms with Gasteiger partial charge in [-0.05, 0) is 49.9 Å². The summed E-state index contributed by atoms with van der Waals surface area (Å²) in [6.07, 6.45) is 3.61. The molecule has 114 valence electrons. The van der Waals surface area contributed by atoms with E-state index < -0.39 is 0 Å². The van der Waals surface area contributed by atoms with Gasteiger partial charge in [-0.3, -0.25) is 9.59 Å². The van der Waals surface area contributed by atoms with Gasteiger partial charge in [-0.25, -0.2) is 0 Å². The van der Waals surface area contributed by atoms with Gasteiger partial charge in [0, 0.05) is 37.4 Å². The van der Waals surface area contributed by atoms with Crippen molar-refractivity contribution in [1.29, 1.82) is 0 Å². The lowest BCUT2D eigenvalue weighted by molar-refractivity contribution is -0.114. The van der Waals surface area contributed by atoms with E-state index in [0.717, 1.165) is 32.2 Å². The van der Waals surface area contributed by atoms with Crippen molar-refractivity contribution in [3.63, 3.8) is 0 Å². The van der Waals surface area contributed by atoms with Gasteiger partial charge >= 0.3 is 0 Å². The Morgan fingerprint density at radius 1 is 1.33 bits per heavy atom. The number of rotatable bonds is 5. The number of nitrogens with one attached hydrogen (secondary N) is 1. The zero-order chi connectivity index (χ0) is 15.2. The van der Waals surface area contributed by atoms with Gasteiger partial charge in [0.1, 0.15) is 0 Å². The van der Waals surface area contributed by atoms with Crippen molar-refractivity contribution in [2.75, 3.05) is 18.5 Å². The second-order valence-electron chi connectivity index (χ2n) is 5.42. The van der Waals surface area contributed by atoms with Crippen LogP contribution in [-0.2, 0) is 4.79 Å². The van der Waals surface area contributed by atoms with Crippen molar-refractivity contribution in [2.45, 2.75) is 38.6 Å². The van der Waals surface area contributed by atoms with E-state index in [1.165, 1.54) is 6.92 Å². The fourth-order valence-corrected chi connectivity index (χ4v) is 2.80. The van der Waals surface area contributed by atoms with E-state index in [2.05, 4.69) is 5.32 Å². The second kappa shape index (κ2) is 7.22. The molecule has 0 aromatic heterocycles. The van der Waals surface area contributed by atoms with Gasteiger partial charge in [0.25, 0.3) is 5.91 Å². The van der Waals surface area contributed by atoms with Gasteiger partial charge in [0.2, 0.25) is 5.91 Å².